The van der Waals surface area contributed by atoms with Gasteiger partial charge < -0.3 is 14.6 Å². The Labute approximate surface area is 203 Å². The molecular formula is C27H27FN4O3. The van der Waals surface area contributed by atoms with Gasteiger partial charge >= 0.3 is 5.97 Å². The van der Waals surface area contributed by atoms with Gasteiger partial charge in [0.2, 0.25) is 0 Å². The van der Waals surface area contributed by atoms with Crippen LogP contribution >= 0.6 is 0 Å². The van der Waals surface area contributed by atoms with Crippen molar-refractivity contribution in [1.82, 2.24) is 4.57 Å². The second-order valence-corrected chi connectivity index (χ2v) is 8.54. The monoisotopic (exact) mass is 474 g/mol. The van der Waals surface area contributed by atoms with Gasteiger partial charge in [0.25, 0.3) is 5.91 Å². The van der Waals surface area contributed by atoms with Gasteiger partial charge in [-0.05, 0) is 80.3 Å². The van der Waals surface area contributed by atoms with Crippen LogP contribution in [0.4, 0.5) is 15.8 Å². The summed E-state index contributed by atoms with van der Waals surface area (Å²) in [4.78, 5) is 29.4. The summed E-state index contributed by atoms with van der Waals surface area (Å²) in [5.41, 5.74) is 2.34. The Hall–Kier alpha value is -4.12. The molecule has 4 rings (SSSR count). The molecule has 1 aliphatic heterocycles. The van der Waals surface area contributed by atoms with Crippen LogP contribution in [0, 0.1) is 17.1 Å². The largest absolute Gasteiger partial charge is 0.480 e. The standard InChI is InChI=1S/C27H27FN4O3/c1-2-23(27(34)35)32(22-12-13-24(19(17-22)18-29)30-14-4-3-5-15-30)26(33)25-7-6-16-31(25)21-10-8-20(28)9-11-21/h6-13,16-17,23H,2-5,14-15H2,1H3,(H,34,35). The average molecular weight is 475 g/mol. The van der Waals surface area contributed by atoms with Gasteiger partial charge in [0.05, 0.1) is 11.3 Å². The van der Waals surface area contributed by atoms with Crippen LogP contribution in [0.5, 0.6) is 0 Å². The molecule has 35 heavy (non-hydrogen) atoms. The van der Waals surface area contributed by atoms with Crippen molar-refractivity contribution >= 4 is 23.3 Å². The predicted octanol–water partition coefficient (Wildman–Crippen LogP) is 4.99. The lowest BCUT2D eigenvalue weighted by molar-refractivity contribution is -0.138. The molecule has 1 saturated heterocycles. The van der Waals surface area contributed by atoms with Crippen LogP contribution in [-0.4, -0.2) is 40.7 Å². The molecule has 180 valence electrons. The lowest BCUT2D eigenvalue weighted by Gasteiger charge is -2.32. The fraction of sp³-hybridized carbons (Fsp3) is 0.296. The van der Waals surface area contributed by atoms with E-state index in [-0.39, 0.29) is 12.1 Å². The third-order valence-electron chi connectivity index (χ3n) is 6.35. The van der Waals surface area contributed by atoms with Gasteiger partial charge in [-0.25, -0.2) is 9.18 Å². The highest BCUT2D eigenvalue weighted by molar-refractivity contribution is 6.09. The number of hydrogen-bond acceptors (Lipinski definition) is 4. The Balaban J connectivity index is 1.77. The number of aliphatic carboxylic acids is 1. The molecule has 0 aliphatic carbocycles. The summed E-state index contributed by atoms with van der Waals surface area (Å²) in [6.45, 7) is 3.41. The molecule has 0 bridgehead atoms. The van der Waals surface area contributed by atoms with Gasteiger partial charge in [-0.15, -0.1) is 0 Å². The van der Waals surface area contributed by atoms with Crippen molar-refractivity contribution in [3.63, 3.8) is 0 Å². The van der Waals surface area contributed by atoms with E-state index in [2.05, 4.69) is 11.0 Å². The van der Waals surface area contributed by atoms with Crippen LogP contribution < -0.4 is 9.80 Å². The van der Waals surface area contributed by atoms with Gasteiger partial charge in [0, 0.05) is 30.7 Å². The summed E-state index contributed by atoms with van der Waals surface area (Å²) >= 11 is 0. The molecule has 1 atom stereocenters. The molecular weight excluding hydrogens is 447 g/mol. The van der Waals surface area contributed by atoms with Crippen molar-refractivity contribution in [2.45, 2.75) is 38.6 Å². The van der Waals surface area contributed by atoms with Crippen molar-refractivity contribution in [3.8, 4) is 11.8 Å². The molecule has 1 unspecified atom stereocenters. The van der Waals surface area contributed by atoms with Crippen molar-refractivity contribution in [1.29, 1.82) is 5.26 Å². The minimum absolute atomic E-state index is 0.175. The van der Waals surface area contributed by atoms with E-state index in [4.69, 9.17) is 0 Å². The predicted molar refractivity (Wildman–Crippen MR) is 131 cm³/mol. The second-order valence-electron chi connectivity index (χ2n) is 8.54. The fourth-order valence-electron chi connectivity index (χ4n) is 4.59. The molecule has 2 aromatic carbocycles. The van der Waals surface area contributed by atoms with Crippen LogP contribution in [-0.2, 0) is 4.79 Å². The number of halogens is 1. The maximum absolute atomic E-state index is 13.8. The lowest BCUT2D eigenvalue weighted by Crippen LogP contribution is -2.45. The number of benzene rings is 2. The van der Waals surface area contributed by atoms with E-state index < -0.39 is 23.7 Å². The Morgan fingerprint density at radius 3 is 2.46 bits per heavy atom. The Morgan fingerprint density at radius 2 is 1.83 bits per heavy atom. The quantitative estimate of drug-likeness (QED) is 0.521. The average Bonchev–Trinajstić information content (AvgIpc) is 3.37. The van der Waals surface area contributed by atoms with Gasteiger partial charge in [0.1, 0.15) is 23.6 Å². The van der Waals surface area contributed by atoms with Gasteiger partial charge in [-0.2, -0.15) is 5.26 Å². The molecule has 0 radical (unpaired) electrons. The second kappa shape index (κ2) is 10.4. The zero-order valence-electron chi connectivity index (χ0n) is 19.5. The first kappa shape index (κ1) is 24.0. The Morgan fingerprint density at radius 1 is 1.11 bits per heavy atom. The van der Waals surface area contributed by atoms with Crippen molar-refractivity contribution < 1.29 is 19.1 Å². The van der Waals surface area contributed by atoms with Crippen LogP contribution in [0.2, 0.25) is 0 Å². The van der Waals surface area contributed by atoms with Crippen LogP contribution in [0.15, 0.2) is 60.8 Å². The number of amides is 1. The fourth-order valence-corrected chi connectivity index (χ4v) is 4.59. The highest BCUT2D eigenvalue weighted by Gasteiger charge is 2.32. The summed E-state index contributed by atoms with van der Waals surface area (Å²) in [5, 5.41) is 19.8. The molecule has 1 amide bonds. The normalized spacial score (nSPS) is 14.3. The molecule has 7 nitrogen and oxygen atoms in total. The van der Waals surface area contributed by atoms with Crippen molar-refractivity contribution in [2.24, 2.45) is 0 Å². The number of carboxylic acids is 1. The van der Waals surface area contributed by atoms with Crippen LogP contribution in [0.3, 0.4) is 0 Å². The van der Waals surface area contributed by atoms with Gasteiger partial charge in [-0.1, -0.05) is 6.92 Å². The molecule has 1 N–H and O–H groups in total. The molecule has 0 spiro atoms. The number of anilines is 2. The Bertz CT molecular complexity index is 1260. The van der Waals surface area contributed by atoms with E-state index >= 15 is 0 Å². The first-order chi connectivity index (χ1) is 16.9. The van der Waals surface area contributed by atoms with E-state index in [1.165, 1.54) is 17.0 Å². The number of hydrogen-bond donors (Lipinski definition) is 1. The van der Waals surface area contributed by atoms with E-state index in [1.807, 2.05) is 0 Å². The molecule has 0 saturated carbocycles. The van der Waals surface area contributed by atoms with E-state index in [9.17, 15) is 24.3 Å². The molecule has 1 fully saturated rings. The number of carbonyl (C=O) groups is 2. The van der Waals surface area contributed by atoms with Crippen LogP contribution in [0.25, 0.3) is 5.69 Å². The minimum Gasteiger partial charge on any atom is -0.480 e. The summed E-state index contributed by atoms with van der Waals surface area (Å²) in [7, 11) is 0. The zero-order valence-corrected chi connectivity index (χ0v) is 19.5. The number of rotatable bonds is 7. The highest BCUT2D eigenvalue weighted by Crippen LogP contribution is 2.31. The van der Waals surface area contributed by atoms with Crippen molar-refractivity contribution in [3.05, 3.63) is 77.9 Å². The summed E-state index contributed by atoms with van der Waals surface area (Å²) in [6, 6.07) is 15.2. The SMILES string of the molecule is CCC(C(=O)O)N(C(=O)c1cccn1-c1ccc(F)cc1)c1ccc(N2CCCCC2)c(C#N)c1. The van der Waals surface area contributed by atoms with E-state index in [0.717, 1.165) is 38.0 Å². The summed E-state index contributed by atoms with van der Waals surface area (Å²) < 4.78 is 15.0. The summed E-state index contributed by atoms with van der Waals surface area (Å²) in [6.07, 6.45) is 5.10. The first-order valence-corrected chi connectivity index (χ1v) is 11.7. The zero-order chi connectivity index (χ0) is 24.9. The third-order valence-corrected chi connectivity index (χ3v) is 6.35. The number of piperidine rings is 1. The number of nitriles is 1. The maximum Gasteiger partial charge on any atom is 0.326 e. The number of nitrogens with zero attached hydrogens (tertiary/aromatic N) is 4. The van der Waals surface area contributed by atoms with Gasteiger partial charge in [0.15, 0.2) is 0 Å². The number of carbonyl (C=O) groups excluding carboxylic acids is 1. The molecule has 3 aromatic rings. The summed E-state index contributed by atoms with van der Waals surface area (Å²) in [5.74, 6) is -2.06. The van der Waals surface area contributed by atoms with Gasteiger partial charge in [-0.3, -0.25) is 9.69 Å². The maximum atomic E-state index is 13.8. The molecule has 2 heterocycles. The highest BCUT2D eigenvalue weighted by atomic mass is 19.1. The first-order valence-electron chi connectivity index (χ1n) is 11.7. The number of aromatic nitrogens is 1. The lowest BCUT2D eigenvalue weighted by atomic mass is 10.0. The third kappa shape index (κ3) is 4.90. The van der Waals surface area contributed by atoms with E-state index in [0.29, 0.717) is 16.9 Å². The molecule has 8 heteroatoms. The van der Waals surface area contributed by atoms with Crippen molar-refractivity contribution in [2.75, 3.05) is 22.9 Å². The smallest absolute Gasteiger partial charge is 0.326 e. The van der Waals surface area contributed by atoms with E-state index in [1.54, 1.807) is 60.2 Å². The number of carboxylic acid groups (broad SMARTS) is 1. The van der Waals surface area contributed by atoms with Crippen LogP contribution in [0.1, 0.15) is 48.7 Å². The minimum atomic E-state index is -1.14. The topological polar surface area (TPSA) is 89.6 Å². The molecule has 1 aliphatic rings. The molecule has 1 aromatic heterocycles. The Kier molecular flexibility index (Phi) is 7.16.